The highest BCUT2D eigenvalue weighted by Crippen LogP contribution is 2.34. The Kier molecular flexibility index (Phi) is 5.35. The summed E-state index contributed by atoms with van der Waals surface area (Å²) in [5.74, 6) is 0.272. The minimum Gasteiger partial charge on any atom is -0.347 e. The van der Waals surface area contributed by atoms with E-state index in [0.29, 0.717) is 38.1 Å². The van der Waals surface area contributed by atoms with E-state index in [4.69, 9.17) is 9.47 Å². The average molecular weight is 346 g/mol. The highest BCUT2D eigenvalue weighted by molar-refractivity contribution is 5.91. The maximum Gasteiger partial charge on any atom is 0.321 e. The minimum absolute atomic E-state index is 0.0251. The molecule has 2 aliphatic heterocycles. The number of carbonyl (C=O) groups is 1. The maximum atomic E-state index is 12.9. The van der Waals surface area contributed by atoms with Crippen molar-refractivity contribution in [3.05, 3.63) is 29.3 Å². The number of likely N-dealkylation sites (tertiary alicyclic amines) is 1. The number of urea groups is 1. The monoisotopic (exact) mass is 346 g/mol. The van der Waals surface area contributed by atoms with Crippen molar-refractivity contribution in [2.45, 2.75) is 58.2 Å². The number of benzene rings is 1. The lowest BCUT2D eigenvalue weighted by atomic mass is 9.92. The van der Waals surface area contributed by atoms with Crippen LogP contribution in [-0.4, -0.2) is 43.0 Å². The quantitative estimate of drug-likeness (QED) is 0.887. The van der Waals surface area contributed by atoms with Crippen LogP contribution in [0.1, 0.15) is 63.5 Å². The van der Waals surface area contributed by atoms with Gasteiger partial charge in [-0.05, 0) is 23.0 Å². The number of nitrogens with one attached hydrogen (secondary N) is 1. The maximum absolute atomic E-state index is 12.9. The Morgan fingerprint density at radius 1 is 1.04 bits per heavy atom. The highest BCUT2D eigenvalue weighted by Gasteiger charge is 2.40. The molecule has 2 amide bonds. The lowest BCUT2D eigenvalue weighted by Gasteiger charge is -2.37. The molecule has 5 heteroatoms. The van der Waals surface area contributed by atoms with Gasteiger partial charge in [-0.25, -0.2) is 4.79 Å². The van der Waals surface area contributed by atoms with Gasteiger partial charge in [-0.15, -0.1) is 0 Å². The summed E-state index contributed by atoms with van der Waals surface area (Å²) in [5, 5.41) is 3.20. The first-order chi connectivity index (χ1) is 11.9. The third-order valence-electron chi connectivity index (χ3n) is 5.23. The molecule has 3 rings (SSSR count). The molecule has 1 aromatic rings. The third kappa shape index (κ3) is 3.82. The van der Waals surface area contributed by atoms with Crippen LogP contribution in [0.2, 0.25) is 0 Å². The third-order valence-corrected chi connectivity index (χ3v) is 5.23. The topological polar surface area (TPSA) is 50.8 Å². The second kappa shape index (κ2) is 7.34. The Balaban J connectivity index is 1.73. The number of piperidine rings is 1. The Morgan fingerprint density at radius 2 is 1.56 bits per heavy atom. The average Bonchev–Trinajstić information content (AvgIpc) is 3.03. The standard InChI is InChI=1S/C20H30N2O3/c1-14(2)16-6-5-7-17(15(3)4)18(16)21-19(23)22-10-8-20(9-11-22)24-12-13-25-20/h5-7,14-15H,8-13H2,1-4H3,(H,21,23). The van der Waals surface area contributed by atoms with Crippen molar-refractivity contribution in [3.63, 3.8) is 0 Å². The van der Waals surface area contributed by atoms with Crippen molar-refractivity contribution >= 4 is 11.7 Å². The number of ether oxygens (including phenoxy) is 2. The summed E-state index contributed by atoms with van der Waals surface area (Å²) in [6.07, 6.45) is 1.48. The van der Waals surface area contributed by atoms with E-state index in [0.717, 1.165) is 18.5 Å². The predicted octanol–water partition coefficient (Wildman–Crippen LogP) is 4.30. The number of carbonyl (C=O) groups excluding carboxylic acids is 1. The van der Waals surface area contributed by atoms with Crippen LogP contribution >= 0.6 is 0 Å². The first-order valence-electron chi connectivity index (χ1n) is 9.38. The molecule has 0 aliphatic carbocycles. The van der Waals surface area contributed by atoms with Crippen LogP contribution in [-0.2, 0) is 9.47 Å². The van der Waals surface area contributed by atoms with Crippen molar-refractivity contribution in [2.75, 3.05) is 31.6 Å². The van der Waals surface area contributed by atoms with Crippen molar-refractivity contribution in [2.24, 2.45) is 0 Å². The molecule has 0 bridgehead atoms. The van der Waals surface area contributed by atoms with Gasteiger partial charge in [-0.2, -0.15) is 0 Å². The van der Waals surface area contributed by atoms with E-state index in [2.05, 4.69) is 51.2 Å². The van der Waals surface area contributed by atoms with Gasteiger partial charge in [0.15, 0.2) is 5.79 Å². The summed E-state index contributed by atoms with van der Waals surface area (Å²) < 4.78 is 11.5. The molecule has 1 spiro atoms. The van der Waals surface area contributed by atoms with Crippen LogP contribution < -0.4 is 5.32 Å². The van der Waals surface area contributed by atoms with Gasteiger partial charge in [0.05, 0.1) is 13.2 Å². The second-order valence-electron chi connectivity index (χ2n) is 7.65. The van der Waals surface area contributed by atoms with Gasteiger partial charge in [0.1, 0.15) is 0 Å². The van der Waals surface area contributed by atoms with Gasteiger partial charge in [0.25, 0.3) is 0 Å². The van der Waals surface area contributed by atoms with Crippen molar-refractivity contribution in [1.82, 2.24) is 4.90 Å². The van der Waals surface area contributed by atoms with Crippen LogP contribution in [0.25, 0.3) is 0 Å². The van der Waals surface area contributed by atoms with Crippen molar-refractivity contribution < 1.29 is 14.3 Å². The van der Waals surface area contributed by atoms with Gasteiger partial charge >= 0.3 is 6.03 Å². The normalized spacial score (nSPS) is 19.8. The van der Waals surface area contributed by atoms with E-state index in [9.17, 15) is 4.79 Å². The van der Waals surface area contributed by atoms with Crippen molar-refractivity contribution in [3.8, 4) is 0 Å². The molecule has 2 heterocycles. The molecule has 25 heavy (non-hydrogen) atoms. The summed E-state index contributed by atoms with van der Waals surface area (Å²) in [5.41, 5.74) is 3.36. The smallest absolute Gasteiger partial charge is 0.321 e. The molecule has 2 aliphatic rings. The SMILES string of the molecule is CC(C)c1cccc(C(C)C)c1NC(=O)N1CCC2(CC1)OCCO2. The minimum atomic E-state index is -0.449. The van der Waals surface area contributed by atoms with Gasteiger partial charge in [0.2, 0.25) is 0 Å². The van der Waals surface area contributed by atoms with E-state index in [-0.39, 0.29) is 6.03 Å². The first kappa shape index (κ1) is 18.2. The fourth-order valence-corrected chi connectivity index (χ4v) is 3.72. The lowest BCUT2D eigenvalue weighted by Crippen LogP contribution is -2.48. The van der Waals surface area contributed by atoms with E-state index >= 15 is 0 Å². The second-order valence-corrected chi connectivity index (χ2v) is 7.65. The molecule has 0 atom stereocenters. The Labute approximate surface area is 150 Å². The van der Waals surface area contributed by atoms with Crippen LogP contribution in [0.4, 0.5) is 10.5 Å². The van der Waals surface area contributed by atoms with E-state index in [1.54, 1.807) is 0 Å². The summed E-state index contributed by atoms with van der Waals surface area (Å²) in [6, 6.07) is 6.28. The Bertz CT molecular complexity index is 585. The zero-order valence-electron chi connectivity index (χ0n) is 15.8. The summed E-state index contributed by atoms with van der Waals surface area (Å²) in [4.78, 5) is 14.7. The van der Waals surface area contributed by atoms with Gasteiger partial charge in [0, 0.05) is 31.6 Å². The molecular weight excluding hydrogens is 316 g/mol. The van der Waals surface area contributed by atoms with Crippen LogP contribution in [0.3, 0.4) is 0 Å². The largest absolute Gasteiger partial charge is 0.347 e. The number of rotatable bonds is 3. The van der Waals surface area contributed by atoms with Crippen molar-refractivity contribution in [1.29, 1.82) is 0 Å². The molecule has 2 fully saturated rings. The van der Waals surface area contributed by atoms with E-state index in [1.807, 2.05) is 4.90 Å². The zero-order chi connectivity index (χ0) is 18.0. The Morgan fingerprint density at radius 3 is 2.04 bits per heavy atom. The molecule has 0 unspecified atom stereocenters. The zero-order valence-corrected chi connectivity index (χ0v) is 15.8. The fourth-order valence-electron chi connectivity index (χ4n) is 3.72. The predicted molar refractivity (Wildman–Crippen MR) is 99.1 cm³/mol. The lowest BCUT2D eigenvalue weighted by molar-refractivity contribution is -0.181. The molecule has 0 radical (unpaired) electrons. The molecule has 2 saturated heterocycles. The van der Waals surface area contributed by atoms with Crippen LogP contribution in [0.5, 0.6) is 0 Å². The number of hydrogen-bond donors (Lipinski definition) is 1. The first-order valence-corrected chi connectivity index (χ1v) is 9.38. The summed E-state index contributed by atoms with van der Waals surface area (Å²) >= 11 is 0. The van der Waals surface area contributed by atoms with E-state index < -0.39 is 5.79 Å². The van der Waals surface area contributed by atoms with Gasteiger partial charge in [-0.1, -0.05) is 45.9 Å². The molecule has 5 nitrogen and oxygen atoms in total. The number of anilines is 1. The molecule has 1 aromatic carbocycles. The highest BCUT2D eigenvalue weighted by atomic mass is 16.7. The van der Waals surface area contributed by atoms with E-state index in [1.165, 1.54) is 11.1 Å². The fraction of sp³-hybridized carbons (Fsp3) is 0.650. The molecule has 0 saturated carbocycles. The van der Waals surface area contributed by atoms with Crippen LogP contribution in [0, 0.1) is 0 Å². The van der Waals surface area contributed by atoms with Gasteiger partial charge in [-0.3, -0.25) is 0 Å². The van der Waals surface area contributed by atoms with Crippen LogP contribution in [0.15, 0.2) is 18.2 Å². The number of nitrogens with zero attached hydrogens (tertiary/aromatic N) is 1. The molecule has 1 N–H and O–H groups in total. The Hall–Kier alpha value is -1.59. The molecule has 0 aromatic heterocycles. The molecular formula is C20H30N2O3. The number of amides is 2. The molecule has 138 valence electrons. The summed E-state index contributed by atoms with van der Waals surface area (Å²) in [6.45, 7) is 11.3. The summed E-state index contributed by atoms with van der Waals surface area (Å²) in [7, 11) is 0. The number of hydrogen-bond acceptors (Lipinski definition) is 3. The van der Waals surface area contributed by atoms with Gasteiger partial charge < -0.3 is 19.7 Å². The number of para-hydroxylation sites is 1.